The molecule has 1 aliphatic heterocycles. The Labute approximate surface area is 85.9 Å². The van der Waals surface area contributed by atoms with Crippen LogP contribution in [0.4, 0.5) is 5.69 Å². The van der Waals surface area contributed by atoms with Crippen molar-refractivity contribution >= 4 is 5.69 Å². The van der Waals surface area contributed by atoms with E-state index in [-0.39, 0.29) is 0 Å². The van der Waals surface area contributed by atoms with Gasteiger partial charge in [-0.05, 0) is 25.5 Å². The molecular formula is C12H18N2. The average molecular weight is 190 g/mol. The van der Waals surface area contributed by atoms with Gasteiger partial charge >= 0.3 is 0 Å². The van der Waals surface area contributed by atoms with Crippen LogP contribution in [0.3, 0.4) is 0 Å². The molecule has 1 heterocycles. The molecule has 1 aromatic carbocycles. The second kappa shape index (κ2) is 4.01. The topological polar surface area (TPSA) is 15.3 Å². The number of nitrogens with one attached hydrogen (secondary N) is 1. The van der Waals surface area contributed by atoms with E-state index < -0.39 is 0 Å². The Kier molecular flexibility index (Phi) is 2.73. The largest absolute Gasteiger partial charge is 0.366 e. The van der Waals surface area contributed by atoms with Crippen LogP contribution in [-0.4, -0.2) is 25.7 Å². The maximum absolute atomic E-state index is 3.41. The molecule has 1 fully saturated rings. The highest BCUT2D eigenvalue weighted by Crippen LogP contribution is 2.22. The molecule has 2 heteroatoms. The molecule has 0 saturated carbocycles. The molecule has 0 aliphatic carbocycles. The third-order valence-corrected chi connectivity index (χ3v) is 2.93. The van der Waals surface area contributed by atoms with Gasteiger partial charge < -0.3 is 10.2 Å². The van der Waals surface area contributed by atoms with Crippen molar-refractivity contribution in [3.8, 4) is 0 Å². The summed E-state index contributed by atoms with van der Waals surface area (Å²) in [7, 11) is 0. The molecule has 1 saturated heterocycles. The zero-order chi connectivity index (χ0) is 9.97. The van der Waals surface area contributed by atoms with Gasteiger partial charge in [0.15, 0.2) is 0 Å². The number of nitrogens with zero attached hydrogens (tertiary/aromatic N) is 1. The van der Waals surface area contributed by atoms with Gasteiger partial charge in [-0.2, -0.15) is 0 Å². The molecule has 0 amide bonds. The molecule has 0 unspecified atom stereocenters. The molecule has 0 aromatic heterocycles. The van der Waals surface area contributed by atoms with Crippen LogP contribution in [0.5, 0.6) is 0 Å². The fraction of sp³-hybridized carbons (Fsp3) is 0.500. The van der Waals surface area contributed by atoms with Crippen molar-refractivity contribution in [2.45, 2.75) is 19.9 Å². The van der Waals surface area contributed by atoms with Crippen LogP contribution in [0.25, 0.3) is 0 Å². The normalized spacial score (nSPS) is 22.4. The number of piperazine rings is 1. The number of para-hydroxylation sites is 1. The summed E-state index contributed by atoms with van der Waals surface area (Å²) in [5.41, 5.74) is 2.77. The lowest BCUT2D eigenvalue weighted by Gasteiger charge is -2.36. The van der Waals surface area contributed by atoms with Crippen LogP contribution in [0.1, 0.15) is 12.5 Å². The summed E-state index contributed by atoms with van der Waals surface area (Å²) in [4.78, 5) is 2.49. The summed E-state index contributed by atoms with van der Waals surface area (Å²) in [5.74, 6) is 0. The van der Waals surface area contributed by atoms with Gasteiger partial charge in [-0.25, -0.2) is 0 Å². The average Bonchev–Trinajstić information content (AvgIpc) is 2.20. The van der Waals surface area contributed by atoms with Gasteiger partial charge in [0.1, 0.15) is 0 Å². The maximum atomic E-state index is 3.41. The van der Waals surface area contributed by atoms with Crippen LogP contribution in [0.2, 0.25) is 0 Å². The van der Waals surface area contributed by atoms with Crippen LogP contribution >= 0.6 is 0 Å². The Morgan fingerprint density at radius 1 is 1.36 bits per heavy atom. The molecule has 0 bridgehead atoms. The zero-order valence-electron chi connectivity index (χ0n) is 8.96. The van der Waals surface area contributed by atoms with Gasteiger partial charge in [-0.1, -0.05) is 18.2 Å². The van der Waals surface area contributed by atoms with E-state index >= 15 is 0 Å². The number of benzene rings is 1. The summed E-state index contributed by atoms with van der Waals surface area (Å²) in [6, 6.07) is 9.23. The van der Waals surface area contributed by atoms with Gasteiger partial charge in [0, 0.05) is 31.4 Å². The van der Waals surface area contributed by atoms with E-state index in [1.807, 2.05) is 0 Å². The minimum absolute atomic E-state index is 0.602. The van der Waals surface area contributed by atoms with E-state index in [4.69, 9.17) is 0 Å². The number of hydrogen-bond donors (Lipinski definition) is 1. The third kappa shape index (κ3) is 1.75. The monoisotopic (exact) mass is 190 g/mol. The quantitative estimate of drug-likeness (QED) is 0.726. The molecule has 1 aliphatic rings. The van der Waals surface area contributed by atoms with Crippen LogP contribution in [0, 0.1) is 6.92 Å². The molecule has 0 radical (unpaired) electrons. The predicted molar refractivity (Wildman–Crippen MR) is 60.9 cm³/mol. The summed E-state index contributed by atoms with van der Waals surface area (Å²) < 4.78 is 0. The van der Waals surface area contributed by atoms with E-state index in [1.54, 1.807) is 0 Å². The van der Waals surface area contributed by atoms with Crippen molar-refractivity contribution in [1.82, 2.24) is 5.32 Å². The third-order valence-electron chi connectivity index (χ3n) is 2.93. The zero-order valence-corrected chi connectivity index (χ0v) is 8.96. The molecule has 2 nitrogen and oxygen atoms in total. The Bertz CT molecular complexity index is 309. The van der Waals surface area contributed by atoms with E-state index in [0.29, 0.717) is 6.04 Å². The highest BCUT2D eigenvalue weighted by atomic mass is 15.2. The van der Waals surface area contributed by atoms with Crippen LogP contribution in [0.15, 0.2) is 24.3 Å². The standard InChI is InChI=1S/C12H18N2/c1-10-5-3-4-6-12(10)14-8-7-13-9-11(14)2/h3-6,11,13H,7-9H2,1-2H3/t11-/m1/s1. The molecule has 1 N–H and O–H groups in total. The minimum atomic E-state index is 0.602. The van der Waals surface area contributed by atoms with E-state index in [0.717, 1.165) is 19.6 Å². The van der Waals surface area contributed by atoms with Crippen molar-refractivity contribution < 1.29 is 0 Å². The van der Waals surface area contributed by atoms with Gasteiger partial charge in [-0.3, -0.25) is 0 Å². The van der Waals surface area contributed by atoms with Gasteiger partial charge in [0.2, 0.25) is 0 Å². The maximum Gasteiger partial charge on any atom is 0.0399 e. The summed E-state index contributed by atoms with van der Waals surface area (Å²) in [5, 5.41) is 3.41. The SMILES string of the molecule is Cc1ccccc1N1CCNC[C@H]1C. The summed E-state index contributed by atoms with van der Waals surface area (Å²) >= 11 is 0. The molecule has 14 heavy (non-hydrogen) atoms. The second-order valence-electron chi connectivity index (χ2n) is 4.03. The molecular weight excluding hydrogens is 172 g/mol. The Morgan fingerprint density at radius 3 is 2.86 bits per heavy atom. The van der Waals surface area contributed by atoms with E-state index in [9.17, 15) is 0 Å². The lowest BCUT2D eigenvalue weighted by atomic mass is 10.1. The van der Waals surface area contributed by atoms with Crippen molar-refractivity contribution in [3.05, 3.63) is 29.8 Å². The number of hydrogen-bond acceptors (Lipinski definition) is 2. The minimum Gasteiger partial charge on any atom is -0.366 e. The Morgan fingerprint density at radius 2 is 2.14 bits per heavy atom. The van der Waals surface area contributed by atoms with Crippen LogP contribution < -0.4 is 10.2 Å². The molecule has 1 atom stereocenters. The van der Waals surface area contributed by atoms with Crippen molar-refractivity contribution in [1.29, 1.82) is 0 Å². The number of anilines is 1. The first-order valence-electron chi connectivity index (χ1n) is 5.32. The highest BCUT2D eigenvalue weighted by Gasteiger charge is 2.18. The summed E-state index contributed by atoms with van der Waals surface area (Å²) in [6.45, 7) is 7.77. The van der Waals surface area contributed by atoms with Gasteiger partial charge in [0.25, 0.3) is 0 Å². The predicted octanol–water partition coefficient (Wildman–Crippen LogP) is 1.79. The summed E-state index contributed by atoms with van der Waals surface area (Å²) in [6.07, 6.45) is 0. The van der Waals surface area contributed by atoms with Crippen molar-refractivity contribution in [2.75, 3.05) is 24.5 Å². The smallest absolute Gasteiger partial charge is 0.0399 e. The first kappa shape index (κ1) is 9.53. The molecule has 1 aromatic rings. The van der Waals surface area contributed by atoms with E-state index in [1.165, 1.54) is 11.3 Å². The fourth-order valence-corrected chi connectivity index (χ4v) is 2.08. The lowest BCUT2D eigenvalue weighted by Crippen LogP contribution is -2.50. The van der Waals surface area contributed by atoms with Crippen molar-refractivity contribution in [2.24, 2.45) is 0 Å². The first-order valence-corrected chi connectivity index (χ1v) is 5.32. The van der Waals surface area contributed by atoms with Crippen molar-refractivity contribution in [3.63, 3.8) is 0 Å². The second-order valence-corrected chi connectivity index (χ2v) is 4.03. The van der Waals surface area contributed by atoms with Gasteiger partial charge in [-0.15, -0.1) is 0 Å². The molecule has 2 rings (SSSR count). The molecule has 76 valence electrons. The van der Waals surface area contributed by atoms with Crippen LogP contribution in [-0.2, 0) is 0 Å². The number of rotatable bonds is 1. The molecule has 0 spiro atoms. The Balaban J connectivity index is 2.25. The highest BCUT2D eigenvalue weighted by molar-refractivity contribution is 5.54. The van der Waals surface area contributed by atoms with Gasteiger partial charge in [0.05, 0.1) is 0 Å². The fourth-order valence-electron chi connectivity index (χ4n) is 2.08. The first-order chi connectivity index (χ1) is 6.79. The Hall–Kier alpha value is -1.02. The number of aryl methyl sites for hydroxylation is 1. The lowest BCUT2D eigenvalue weighted by molar-refractivity contribution is 0.500. The van der Waals surface area contributed by atoms with E-state index in [2.05, 4.69) is 48.3 Å².